The number of hydrogen-bond donors (Lipinski definition) is 0. The van der Waals surface area contributed by atoms with E-state index in [0.717, 1.165) is 6.54 Å². The van der Waals surface area contributed by atoms with E-state index >= 15 is 0 Å². The van der Waals surface area contributed by atoms with Crippen molar-refractivity contribution in [2.75, 3.05) is 0 Å². The minimum absolute atomic E-state index is 0.181. The molecular weight excluding hydrogens is 218 g/mol. The molecule has 1 saturated carbocycles. The fourth-order valence-corrected chi connectivity index (χ4v) is 2.74. The monoisotopic (exact) mass is 237 g/mol. The molecule has 1 aliphatic carbocycles. The average molecular weight is 237 g/mol. The van der Waals surface area contributed by atoms with Gasteiger partial charge in [-0.1, -0.05) is 19.3 Å². The van der Waals surface area contributed by atoms with Gasteiger partial charge < -0.3 is 0 Å². The van der Waals surface area contributed by atoms with Gasteiger partial charge in [0.05, 0.1) is 4.92 Å². The molecule has 0 atom stereocenters. The third kappa shape index (κ3) is 2.48. The van der Waals surface area contributed by atoms with Crippen molar-refractivity contribution in [1.29, 1.82) is 0 Å². The Balaban J connectivity index is 2.15. The van der Waals surface area contributed by atoms with Crippen molar-refractivity contribution >= 4 is 5.69 Å². The smallest absolute Gasteiger partial charge is 0.262 e. The summed E-state index contributed by atoms with van der Waals surface area (Å²) < 4.78 is 1.82. The second-order valence-corrected chi connectivity index (χ2v) is 4.96. The first-order chi connectivity index (χ1) is 8.09. The van der Waals surface area contributed by atoms with Crippen molar-refractivity contribution in [2.45, 2.75) is 52.5 Å². The fraction of sp³-hybridized carbons (Fsp3) is 0.750. The molecule has 1 aliphatic rings. The first kappa shape index (κ1) is 12.1. The van der Waals surface area contributed by atoms with Gasteiger partial charge in [-0.2, -0.15) is 5.10 Å². The van der Waals surface area contributed by atoms with Crippen LogP contribution >= 0.6 is 0 Å². The van der Waals surface area contributed by atoms with Gasteiger partial charge in [-0.3, -0.25) is 14.8 Å². The standard InChI is InChI=1S/C12H19N3O2/c1-9-12(15(16)17)10(2)14(13-9)8-11-6-4-3-5-7-11/h11H,3-8H2,1-2H3. The molecule has 5 nitrogen and oxygen atoms in total. The van der Waals surface area contributed by atoms with Crippen LogP contribution in [0.2, 0.25) is 0 Å². The molecule has 5 heteroatoms. The van der Waals surface area contributed by atoms with Crippen LogP contribution in [0, 0.1) is 29.9 Å². The number of nitrogens with zero attached hydrogens (tertiary/aromatic N) is 3. The van der Waals surface area contributed by atoms with Crippen LogP contribution in [0.5, 0.6) is 0 Å². The molecule has 0 saturated heterocycles. The van der Waals surface area contributed by atoms with E-state index in [2.05, 4.69) is 5.10 Å². The third-order valence-corrected chi connectivity index (χ3v) is 3.68. The highest BCUT2D eigenvalue weighted by Gasteiger charge is 2.23. The molecule has 94 valence electrons. The Kier molecular flexibility index (Phi) is 3.45. The van der Waals surface area contributed by atoms with Gasteiger partial charge >= 0.3 is 5.69 Å². The van der Waals surface area contributed by atoms with Crippen molar-refractivity contribution in [3.63, 3.8) is 0 Å². The molecule has 1 fully saturated rings. The second kappa shape index (κ2) is 4.85. The normalized spacial score (nSPS) is 17.3. The maximum absolute atomic E-state index is 10.9. The highest BCUT2D eigenvalue weighted by Crippen LogP contribution is 2.28. The average Bonchev–Trinajstić information content (AvgIpc) is 2.55. The van der Waals surface area contributed by atoms with Crippen molar-refractivity contribution in [2.24, 2.45) is 5.92 Å². The Morgan fingerprint density at radius 2 is 2.00 bits per heavy atom. The Morgan fingerprint density at radius 1 is 1.35 bits per heavy atom. The van der Waals surface area contributed by atoms with Gasteiger partial charge in [0.15, 0.2) is 0 Å². The highest BCUT2D eigenvalue weighted by atomic mass is 16.6. The van der Waals surface area contributed by atoms with E-state index < -0.39 is 0 Å². The summed E-state index contributed by atoms with van der Waals surface area (Å²) in [5, 5.41) is 15.2. The molecule has 0 aromatic carbocycles. The van der Waals surface area contributed by atoms with Crippen LogP contribution in [-0.4, -0.2) is 14.7 Å². The summed E-state index contributed by atoms with van der Waals surface area (Å²) >= 11 is 0. The summed E-state index contributed by atoms with van der Waals surface area (Å²) in [5.41, 5.74) is 1.40. The number of aromatic nitrogens is 2. The zero-order valence-corrected chi connectivity index (χ0v) is 10.5. The van der Waals surface area contributed by atoms with Gasteiger partial charge in [-0.05, 0) is 32.6 Å². The van der Waals surface area contributed by atoms with Crippen LogP contribution in [0.3, 0.4) is 0 Å². The lowest BCUT2D eigenvalue weighted by Gasteiger charge is -2.21. The molecule has 0 spiro atoms. The van der Waals surface area contributed by atoms with E-state index in [9.17, 15) is 10.1 Å². The molecule has 0 aliphatic heterocycles. The Labute approximate surface area is 101 Å². The maximum Gasteiger partial charge on any atom is 0.312 e. The number of nitro groups is 1. The Morgan fingerprint density at radius 3 is 2.53 bits per heavy atom. The Bertz CT molecular complexity index is 420. The van der Waals surface area contributed by atoms with Gasteiger partial charge in [0, 0.05) is 6.54 Å². The van der Waals surface area contributed by atoms with Crippen molar-refractivity contribution in [3.8, 4) is 0 Å². The summed E-state index contributed by atoms with van der Waals surface area (Å²) in [4.78, 5) is 10.6. The lowest BCUT2D eigenvalue weighted by Crippen LogP contribution is -2.16. The number of rotatable bonds is 3. The van der Waals surface area contributed by atoms with Crippen LogP contribution < -0.4 is 0 Å². The topological polar surface area (TPSA) is 61.0 Å². The zero-order valence-electron chi connectivity index (χ0n) is 10.5. The van der Waals surface area contributed by atoms with E-state index in [1.54, 1.807) is 13.8 Å². The summed E-state index contributed by atoms with van der Waals surface area (Å²) in [7, 11) is 0. The number of hydrogen-bond acceptors (Lipinski definition) is 3. The van der Waals surface area contributed by atoms with Gasteiger partial charge in [-0.25, -0.2) is 0 Å². The van der Waals surface area contributed by atoms with E-state index in [0.29, 0.717) is 17.3 Å². The van der Waals surface area contributed by atoms with E-state index in [1.165, 1.54) is 32.1 Å². The SMILES string of the molecule is Cc1nn(CC2CCCCC2)c(C)c1[N+](=O)[O-]. The summed E-state index contributed by atoms with van der Waals surface area (Å²) in [6, 6.07) is 0. The molecule has 17 heavy (non-hydrogen) atoms. The third-order valence-electron chi connectivity index (χ3n) is 3.68. The molecule has 0 unspecified atom stereocenters. The molecule has 2 rings (SSSR count). The predicted octanol–water partition coefficient (Wildman–Crippen LogP) is 2.99. The quantitative estimate of drug-likeness (QED) is 0.599. The fourth-order valence-electron chi connectivity index (χ4n) is 2.74. The first-order valence-electron chi connectivity index (χ1n) is 6.28. The summed E-state index contributed by atoms with van der Waals surface area (Å²) in [6.07, 6.45) is 6.35. The Hall–Kier alpha value is -1.39. The zero-order chi connectivity index (χ0) is 12.4. The van der Waals surface area contributed by atoms with Crippen molar-refractivity contribution in [3.05, 3.63) is 21.5 Å². The van der Waals surface area contributed by atoms with Crippen molar-refractivity contribution in [1.82, 2.24) is 9.78 Å². The summed E-state index contributed by atoms with van der Waals surface area (Å²) in [5.74, 6) is 0.640. The minimum atomic E-state index is -0.324. The van der Waals surface area contributed by atoms with E-state index in [-0.39, 0.29) is 10.6 Å². The van der Waals surface area contributed by atoms with E-state index in [4.69, 9.17) is 0 Å². The predicted molar refractivity (Wildman–Crippen MR) is 64.9 cm³/mol. The lowest BCUT2D eigenvalue weighted by atomic mass is 9.89. The van der Waals surface area contributed by atoms with Crippen LogP contribution in [0.4, 0.5) is 5.69 Å². The van der Waals surface area contributed by atoms with Gasteiger partial charge in [-0.15, -0.1) is 0 Å². The van der Waals surface area contributed by atoms with Crippen LogP contribution in [0.25, 0.3) is 0 Å². The molecule has 0 amide bonds. The van der Waals surface area contributed by atoms with Crippen LogP contribution in [0.15, 0.2) is 0 Å². The molecule has 1 heterocycles. The molecule has 0 bridgehead atoms. The highest BCUT2D eigenvalue weighted by molar-refractivity contribution is 5.39. The van der Waals surface area contributed by atoms with E-state index in [1.807, 2.05) is 4.68 Å². The first-order valence-corrected chi connectivity index (χ1v) is 6.28. The van der Waals surface area contributed by atoms with Gasteiger partial charge in [0.2, 0.25) is 0 Å². The number of aryl methyl sites for hydroxylation is 1. The largest absolute Gasteiger partial charge is 0.312 e. The molecular formula is C12H19N3O2. The minimum Gasteiger partial charge on any atom is -0.262 e. The van der Waals surface area contributed by atoms with Crippen LogP contribution in [-0.2, 0) is 6.54 Å². The molecule has 1 aromatic heterocycles. The van der Waals surface area contributed by atoms with Gasteiger partial charge in [0.25, 0.3) is 0 Å². The molecule has 0 N–H and O–H groups in total. The van der Waals surface area contributed by atoms with Crippen LogP contribution in [0.1, 0.15) is 43.5 Å². The molecule has 1 aromatic rings. The van der Waals surface area contributed by atoms with Crippen molar-refractivity contribution < 1.29 is 4.92 Å². The maximum atomic E-state index is 10.9. The molecule has 0 radical (unpaired) electrons. The lowest BCUT2D eigenvalue weighted by molar-refractivity contribution is -0.386. The van der Waals surface area contributed by atoms with Gasteiger partial charge in [0.1, 0.15) is 11.4 Å². The summed E-state index contributed by atoms with van der Waals surface area (Å²) in [6.45, 7) is 4.34. The second-order valence-electron chi connectivity index (χ2n) is 4.96.